The van der Waals surface area contributed by atoms with Crippen molar-refractivity contribution < 1.29 is 14.3 Å². The number of halogens is 2. The molecule has 1 N–H and O–H groups in total. The highest BCUT2D eigenvalue weighted by Gasteiger charge is 2.29. The maximum Gasteiger partial charge on any atom is 0.261 e. The molecule has 0 aliphatic carbocycles. The molecule has 0 aromatic heterocycles. The molecule has 0 bridgehead atoms. The summed E-state index contributed by atoms with van der Waals surface area (Å²) >= 11 is 9.36. The summed E-state index contributed by atoms with van der Waals surface area (Å²) < 4.78 is 6.39. The molecule has 0 aliphatic heterocycles. The van der Waals surface area contributed by atoms with E-state index in [4.69, 9.17) is 16.3 Å². The number of rotatable bonds is 9. The van der Waals surface area contributed by atoms with Crippen LogP contribution in [0.25, 0.3) is 0 Å². The zero-order chi connectivity index (χ0) is 22.3. The molecule has 7 heteroatoms. The fourth-order valence-electron chi connectivity index (χ4n) is 3.12. The second-order valence-electron chi connectivity index (χ2n) is 7.46. The van der Waals surface area contributed by atoms with Gasteiger partial charge in [-0.2, -0.15) is 0 Å². The predicted molar refractivity (Wildman–Crippen MR) is 124 cm³/mol. The van der Waals surface area contributed by atoms with Gasteiger partial charge in [0.05, 0.1) is 4.47 Å². The number of aryl methyl sites for hydroxylation is 1. The molecule has 0 aliphatic rings. The number of ether oxygens (including phenoxy) is 1. The Labute approximate surface area is 191 Å². The van der Waals surface area contributed by atoms with Crippen LogP contribution in [0.5, 0.6) is 5.75 Å². The van der Waals surface area contributed by atoms with E-state index in [-0.39, 0.29) is 24.5 Å². The molecule has 2 rings (SSSR count). The number of amides is 2. The molecule has 0 unspecified atom stereocenters. The lowest BCUT2D eigenvalue weighted by Crippen LogP contribution is -2.51. The van der Waals surface area contributed by atoms with E-state index in [9.17, 15) is 9.59 Å². The maximum absolute atomic E-state index is 13.2. The largest absolute Gasteiger partial charge is 0.483 e. The number of hydrogen-bond donors (Lipinski definition) is 1. The number of carbonyl (C=O) groups is 2. The van der Waals surface area contributed by atoms with Gasteiger partial charge < -0.3 is 15.0 Å². The summed E-state index contributed by atoms with van der Waals surface area (Å²) in [5, 5.41) is 3.49. The summed E-state index contributed by atoms with van der Waals surface area (Å²) in [6.07, 6.45) is 0.501. The van der Waals surface area contributed by atoms with Gasteiger partial charge in [0.15, 0.2) is 6.61 Å². The lowest BCUT2D eigenvalue weighted by atomic mass is 10.1. The third kappa shape index (κ3) is 7.03. The SMILES string of the molecule is CC[C@H](C(=O)NC(C)C)N(Cc1cccc(C)c1)C(=O)COc1ccc(Cl)cc1Br. The van der Waals surface area contributed by atoms with Crippen LogP contribution in [-0.4, -0.2) is 35.4 Å². The minimum absolute atomic E-state index is 0.0104. The second kappa shape index (κ2) is 11.4. The lowest BCUT2D eigenvalue weighted by molar-refractivity contribution is -0.143. The van der Waals surface area contributed by atoms with Gasteiger partial charge in [-0.3, -0.25) is 9.59 Å². The summed E-state index contributed by atoms with van der Waals surface area (Å²) in [5.41, 5.74) is 2.06. The van der Waals surface area contributed by atoms with Crippen molar-refractivity contribution in [3.63, 3.8) is 0 Å². The summed E-state index contributed by atoms with van der Waals surface area (Å²) in [5.74, 6) is 0.0909. The van der Waals surface area contributed by atoms with E-state index in [1.807, 2.05) is 52.0 Å². The van der Waals surface area contributed by atoms with Crippen LogP contribution in [0, 0.1) is 6.92 Å². The van der Waals surface area contributed by atoms with Crippen molar-refractivity contribution in [1.29, 1.82) is 0 Å². The van der Waals surface area contributed by atoms with Crippen LogP contribution in [0.15, 0.2) is 46.9 Å². The average Bonchev–Trinajstić information content (AvgIpc) is 2.66. The first-order valence-corrected chi connectivity index (χ1v) is 11.1. The second-order valence-corrected chi connectivity index (χ2v) is 8.75. The Kier molecular flexibility index (Phi) is 9.18. The molecule has 5 nitrogen and oxygen atoms in total. The minimum atomic E-state index is -0.585. The number of nitrogens with one attached hydrogen (secondary N) is 1. The van der Waals surface area contributed by atoms with E-state index >= 15 is 0 Å². The first-order chi connectivity index (χ1) is 14.2. The van der Waals surface area contributed by atoms with E-state index in [1.165, 1.54) is 0 Å². The molecule has 1 atom stereocenters. The van der Waals surface area contributed by atoms with Crippen molar-refractivity contribution >= 4 is 39.3 Å². The maximum atomic E-state index is 13.2. The average molecular weight is 496 g/mol. The number of benzene rings is 2. The fourth-order valence-corrected chi connectivity index (χ4v) is 3.92. The van der Waals surface area contributed by atoms with Crippen molar-refractivity contribution in [3.05, 3.63) is 63.1 Å². The first kappa shape index (κ1) is 24.2. The topological polar surface area (TPSA) is 58.6 Å². The van der Waals surface area contributed by atoms with E-state index in [0.717, 1.165) is 11.1 Å². The van der Waals surface area contributed by atoms with Crippen LogP contribution < -0.4 is 10.1 Å². The van der Waals surface area contributed by atoms with E-state index in [0.29, 0.717) is 28.2 Å². The van der Waals surface area contributed by atoms with Gasteiger partial charge in [0.25, 0.3) is 5.91 Å². The Morgan fingerprint density at radius 1 is 1.20 bits per heavy atom. The molecule has 2 amide bonds. The molecular weight excluding hydrogens is 468 g/mol. The Balaban J connectivity index is 2.23. The molecule has 2 aromatic rings. The first-order valence-electron chi connectivity index (χ1n) is 9.94. The van der Waals surface area contributed by atoms with Gasteiger partial charge in [-0.05, 0) is 66.9 Å². The number of nitrogens with zero attached hydrogens (tertiary/aromatic N) is 1. The molecular formula is C23H28BrClN2O3. The smallest absolute Gasteiger partial charge is 0.261 e. The molecule has 0 saturated carbocycles. The van der Waals surface area contributed by atoms with Crippen LogP contribution in [0.1, 0.15) is 38.3 Å². The fraction of sp³-hybridized carbons (Fsp3) is 0.391. The van der Waals surface area contributed by atoms with Crippen LogP contribution in [0.2, 0.25) is 5.02 Å². The monoisotopic (exact) mass is 494 g/mol. The zero-order valence-corrected chi connectivity index (χ0v) is 20.1. The highest BCUT2D eigenvalue weighted by molar-refractivity contribution is 9.10. The standard InChI is InChI=1S/C23H28BrClN2O3/c1-5-20(23(29)26-15(2)3)27(13-17-8-6-7-16(4)11-17)22(28)14-30-21-10-9-18(25)12-19(21)24/h6-12,15,20H,5,13-14H2,1-4H3,(H,26,29)/t20-/m1/s1. The van der Waals surface area contributed by atoms with Crippen molar-refractivity contribution in [2.45, 2.75) is 52.7 Å². The summed E-state index contributed by atoms with van der Waals surface area (Å²) in [7, 11) is 0. The highest BCUT2D eigenvalue weighted by Crippen LogP contribution is 2.28. The van der Waals surface area contributed by atoms with Crippen molar-refractivity contribution in [2.75, 3.05) is 6.61 Å². The molecule has 30 heavy (non-hydrogen) atoms. The Morgan fingerprint density at radius 2 is 1.93 bits per heavy atom. The van der Waals surface area contributed by atoms with Crippen LogP contribution in [0.3, 0.4) is 0 Å². The van der Waals surface area contributed by atoms with Gasteiger partial charge in [-0.15, -0.1) is 0 Å². The number of carbonyl (C=O) groups excluding carboxylic acids is 2. The quantitative estimate of drug-likeness (QED) is 0.525. The molecule has 0 fully saturated rings. The van der Waals surface area contributed by atoms with Crippen molar-refractivity contribution in [3.8, 4) is 5.75 Å². The van der Waals surface area contributed by atoms with Crippen LogP contribution in [0.4, 0.5) is 0 Å². The van der Waals surface area contributed by atoms with Crippen molar-refractivity contribution in [1.82, 2.24) is 10.2 Å². The molecule has 162 valence electrons. The van der Waals surface area contributed by atoms with Gasteiger partial charge in [0.1, 0.15) is 11.8 Å². The van der Waals surface area contributed by atoms with Gasteiger partial charge in [-0.25, -0.2) is 0 Å². The third-order valence-electron chi connectivity index (χ3n) is 4.50. The third-order valence-corrected chi connectivity index (χ3v) is 5.35. The minimum Gasteiger partial charge on any atom is -0.483 e. The lowest BCUT2D eigenvalue weighted by Gasteiger charge is -2.31. The molecule has 0 radical (unpaired) electrons. The Morgan fingerprint density at radius 3 is 2.53 bits per heavy atom. The highest BCUT2D eigenvalue weighted by atomic mass is 79.9. The van der Waals surface area contributed by atoms with E-state index < -0.39 is 6.04 Å². The Hall–Kier alpha value is -2.05. The van der Waals surface area contributed by atoms with Crippen LogP contribution >= 0.6 is 27.5 Å². The van der Waals surface area contributed by atoms with E-state index in [2.05, 4.69) is 21.2 Å². The molecule has 0 heterocycles. The summed E-state index contributed by atoms with van der Waals surface area (Å²) in [6.45, 7) is 7.85. The molecule has 0 spiro atoms. The van der Waals surface area contributed by atoms with Gasteiger partial charge >= 0.3 is 0 Å². The Bertz CT molecular complexity index is 889. The van der Waals surface area contributed by atoms with Crippen LogP contribution in [-0.2, 0) is 16.1 Å². The summed E-state index contributed by atoms with van der Waals surface area (Å²) in [6, 6.07) is 12.4. The normalized spacial score (nSPS) is 11.8. The summed E-state index contributed by atoms with van der Waals surface area (Å²) in [4.78, 5) is 27.5. The van der Waals surface area contributed by atoms with Gasteiger partial charge in [0, 0.05) is 17.6 Å². The zero-order valence-electron chi connectivity index (χ0n) is 17.7. The molecule has 0 saturated heterocycles. The molecule has 2 aromatic carbocycles. The van der Waals surface area contributed by atoms with Gasteiger partial charge in [0.2, 0.25) is 5.91 Å². The number of hydrogen-bond acceptors (Lipinski definition) is 3. The van der Waals surface area contributed by atoms with Gasteiger partial charge in [-0.1, -0.05) is 48.4 Å². The predicted octanol–water partition coefficient (Wildman–Crippen LogP) is 5.12. The van der Waals surface area contributed by atoms with E-state index in [1.54, 1.807) is 23.1 Å². The van der Waals surface area contributed by atoms with Crippen molar-refractivity contribution in [2.24, 2.45) is 0 Å².